The molecule has 3 nitrogen and oxygen atoms in total. The van der Waals surface area contributed by atoms with Crippen molar-refractivity contribution in [3.8, 4) is 5.75 Å². The molecule has 0 aromatic heterocycles. The number of phenols is 1. The largest absolute Gasteiger partial charge is 0.508 e. The maximum Gasteiger partial charge on any atom is 0.120 e. The summed E-state index contributed by atoms with van der Waals surface area (Å²) in [5, 5.41) is 13.4. The van der Waals surface area contributed by atoms with Gasteiger partial charge in [-0.15, -0.1) is 0 Å². The van der Waals surface area contributed by atoms with Crippen LogP contribution in [-0.4, -0.2) is 36.2 Å². The fourth-order valence-electron chi connectivity index (χ4n) is 3.23. The lowest BCUT2D eigenvalue weighted by atomic mass is 9.86. The number of phenolic OH excluding ortho intramolecular Hbond substituents is 1. The maximum absolute atomic E-state index is 9.89. The third-order valence-corrected chi connectivity index (χ3v) is 4.78. The molecule has 1 spiro atoms. The number of aromatic hydroxyl groups is 1. The molecule has 18 heavy (non-hydrogen) atoms. The molecule has 2 fully saturated rings. The fraction of sp³-hybridized carbons (Fsp3) is 0.571. The summed E-state index contributed by atoms with van der Waals surface area (Å²) >= 11 is 3.47. The molecule has 1 aromatic carbocycles. The van der Waals surface area contributed by atoms with Crippen LogP contribution in [0.1, 0.15) is 18.4 Å². The van der Waals surface area contributed by atoms with E-state index < -0.39 is 0 Å². The van der Waals surface area contributed by atoms with E-state index in [1.165, 1.54) is 12.8 Å². The van der Waals surface area contributed by atoms with Gasteiger partial charge in [-0.2, -0.15) is 0 Å². The summed E-state index contributed by atoms with van der Waals surface area (Å²) in [6.45, 7) is 5.48. The van der Waals surface area contributed by atoms with Crippen LogP contribution in [0.3, 0.4) is 0 Å². The summed E-state index contributed by atoms with van der Waals surface area (Å²) in [5.74, 6) is 0.406. The Balaban J connectivity index is 1.69. The first kappa shape index (κ1) is 12.5. The second-order valence-electron chi connectivity index (χ2n) is 5.66. The van der Waals surface area contributed by atoms with E-state index in [1.54, 1.807) is 6.07 Å². The van der Waals surface area contributed by atoms with E-state index in [1.807, 2.05) is 12.1 Å². The molecule has 0 aliphatic carbocycles. The van der Waals surface area contributed by atoms with Crippen molar-refractivity contribution >= 4 is 15.9 Å². The number of benzene rings is 1. The Morgan fingerprint density at radius 1 is 1.39 bits per heavy atom. The van der Waals surface area contributed by atoms with Crippen LogP contribution < -0.4 is 5.32 Å². The summed E-state index contributed by atoms with van der Waals surface area (Å²) in [6.07, 6.45) is 2.59. The standard InChI is InChI=1S/C14H19BrN2O/c15-12-1-2-13(18)11(7-12)8-17-6-4-14(10-17)3-5-16-9-14/h1-2,7,16,18H,3-6,8-10H2. The zero-order chi connectivity index (χ0) is 12.6. The van der Waals surface area contributed by atoms with Gasteiger partial charge in [0.05, 0.1) is 0 Å². The lowest BCUT2D eigenvalue weighted by Gasteiger charge is -2.23. The van der Waals surface area contributed by atoms with Crippen molar-refractivity contribution in [1.29, 1.82) is 0 Å². The average Bonchev–Trinajstić information content (AvgIpc) is 2.95. The summed E-state index contributed by atoms with van der Waals surface area (Å²) < 4.78 is 1.03. The van der Waals surface area contributed by atoms with Gasteiger partial charge in [0.25, 0.3) is 0 Å². The molecular formula is C14H19BrN2O. The van der Waals surface area contributed by atoms with E-state index in [0.717, 1.165) is 42.8 Å². The molecule has 0 bridgehead atoms. The van der Waals surface area contributed by atoms with Crippen LogP contribution in [0.25, 0.3) is 0 Å². The fourth-order valence-corrected chi connectivity index (χ4v) is 3.64. The van der Waals surface area contributed by atoms with Crippen molar-refractivity contribution in [3.63, 3.8) is 0 Å². The highest BCUT2D eigenvalue weighted by Crippen LogP contribution is 2.37. The van der Waals surface area contributed by atoms with Crippen molar-refractivity contribution in [2.75, 3.05) is 26.2 Å². The Hall–Kier alpha value is -0.580. The van der Waals surface area contributed by atoms with Crippen molar-refractivity contribution in [1.82, 2.24) is 10.2 Å². The molecule has 0 amide bonds. The predicted octanol–water partition coefficient (Wildman–Crippen LogP) is 2.34. The van der Waals surface area contributed by atoms with Gasteiger partial charge in [-0.1, -0.05) is 15.9 Å². The third kappa shape index (κ3) is 2.42. The highest BCUT2D eigenvalue weighted by molar-refractivity contribution is 9.10. The molecule has 2 aliphatic heterocycles. The Kier molecular flexibility index (Phi) is 3.34. The average molecular weight is 311 g/mol. The quantitative estimate of drug-likeness (QED) is 0.880. The van der Waals surface area contributed by atoms with E-state index in [4.69, 9.17) is 0 Å². The lowest BCUT2D eigenvalue weighted by Crippen LogP contribution is -2.28. The number of rotatable bonds is 2. The molecule has 1 atom stereocenters. The van der Waals surface area contributed by atoms with Gasteiger partial charge < -0.3 is 10.4 Å². The number of nitrogens with zero attached hydrogens (tertiary/aromatic N) is 1. The molecule has 2 saturated heterocycles. The predicted molar refractivity (Wildman–Crippen MR) is 75.6 cm³/mol. The first-order chi connectivity index (χ1) is 8.67. The number of likely N-dealkylation sites (tertiary alicyclic amines) is 1. The Bertz CT molecular complexity index is 443. The minimum Gasteiger partial charge on any atom is -0.508 e. The zero-order valence-electron chi connectivity index (χ0n) is 10.5. The Labute approximate surface area is 116 Å². The number of halogens is 1. The van der Waals surface area contributed by atoms with Crippen LogP contribution in [0.15, 0.2) is 22.7 Å². The minimum absolute atomic E-state index is 0.406. The highest BCUT2D eigenvalue weighted by atomic mass is 79.9. The van der Waals surface area contributed by atoms with Crippen LogP contribution in [0.4, 0.5) is 0 Å². The molecule has 1 unspecified atom stereocenters. The number of nitrogens with one attached hydrogen (secondary N) is 1. The maximum atomic E-state index is 9.89. The Morgan fingerprint density at radius 3 is 3.06 bits per heavy atom. The molecule has 2 N–H and O–H groups in total. The SMILES string of the molecule is Oc1ccc(Br)cc1CN1CCC2(CCNC2)C1. The van der Waals surface area contributed by atoms with E-state index in [-0.39, 0.29) is 0 Å². The van der Waals surface area contributed by atoms with Crippen molar-refractivity contribution in [3.05, 3.63) is 28.2 Å². The van der Waals surface area contributed by atoms with E-state index >= 15 is 0 Å². The van der Waals surface area contributed by atoms with Crippen molar-refractivity contribution in [2.24, 2.45) is 5.41 Å². The van der Waals surface area contributed by atoms with Crippen LogP contribution in [0.5, 0.6) is 5.75 Å². The van der Waals surface area contributed by atoms with Crippen LogP contribution >= 0.6 is 15.9 Å². The van der Waals surface area contributed by atoms with Gasteiger partial charge in [-0.25, -0.2) is 0 Å². The van der Waals surface area contributed by atoms with Gasteiger partial charge in [0.15, 0.2) is 0 Å². The first-order valence-electron chi connectivity index (χ1n) is 6.57. The van der Waals surface area contributed by atoms with Gasteiger partial charge >= 0.3 is 0 Å². The Morgan fingerprint density at radius 2 is 2.28 bits per heavy atom. The smallest absolute Gasteiger partial charge is 0.120 e. The molecule has 3 rings (SSSR count). The zero-order valence-corrected chi connectivity index (χ0v) is 12.0. The van der Waals surface area contributed by atoms with E-state index in [0.29, 0.717) is 11.2 Å². The first-order valence-corrected chi connectivity index (χ1v) is 7.37. The summed E-state index contributed by atoms with van der Waals surface area (Å²) in [7, 11) is 0. The van der Waals surface area contributed by atoms with Gasteiger partial charge in [-0.3, -0.25) is 4.90 Å². The van der Waals surface area contributed by atoms with Gasteiger partial charge in [0, 0.05) is 29.7 Å². The second kappa shape index (κ2) is 4.83. The topological polar surface area (TPSA) is 35.5 Å². The third-order valence-electron chi connectivity index (χ3n) is 4.28. The normalized spacial score (nSPS) is 28.3. The molecule has 0 saturated carbocycles. The van der Waals surface area contributed by atoms with Gasteiger partial charge in [0.1, 0.15) is 5.75 Å². The molecule has 2 aliphatic rings. The summed E-state index contributed by atoms with van der Waals surface area (Å²) in [5.41, 5.74) is 1.52. The highest BCUT2D eigenvalue weighted by Gasteiger charge is 2.40. The van der Waals surface area contributed by atoms with Crippen molar-refractivity contribution < 1.29 is 5.11 Å². The second-order valence-corrected chi connectivity index (χ2v) is 6.58. The van der Waals surface area contributed by atoms with E-state index in [2.05, 4.69) is 26.1 Å². The summed E-state index contributed by atoms with van der Waals surface area (Å²) in [6, 6.07) is 5.67. The van der Waals surface area contributed by atoms with Crippen LogP contribution in [0, 0.1) is 5.41 Å². The summed E-state index contributed by atoms with van der Waals surface area (Å²) in [4.78, 5) is 2.47. The molecular weight excluding hydrogens is 292 g/mol. The molecule has 4 heteroatoms. The molecule has 0 radical (unpaired) electrons. The lowest BCUT2D eigenvalue weighted by molar-refractivity contribution is 0.266. The van der Waals surface area contributed by atoms with Crippen LogP contribution in [-0.2, 0) is 6.54 Å². The van der Waals surface area contributed by atoms with Gasteiger partial charge in [-0.05, 0) is 49.5 Å². The number of hydrogen-bond acceptors (Lipinski definition) is 3. The van der Waals surface area contributed by atoms with E-state index in [9.17, 15) is 5.11 Å². The van der Waals surface area contributed by atoms with Crippen molar-refractivity contribution in [2.45, 2.75) is 19.4 Å². The molecule has 2 heterocycles. The minimum atomic E-state index is 0.406. The molecule has 98 valence electrons. The molecule has 1 aromatic rings. The van der Waals surface area contributed by atoms with Crippen LogP contribution in [0.2, 0.25) is 0 Å². The number of hydrogen-bond donors (Lipinski definition) is 2. The monoisotopic (exact) mass is 310 g/mol. The van der Waals surface area contributed by atoms with Gasteiger partial charge in [0.2, 0.25) is 0 Å².